The Kier molecular flexibility index (Phi) is 3.87. The zero-order valence-electron chi connectivity index (χ0n) is 9.67. The molecule has 1 aliphatic rings. The van der Waals surface area contributed by atoms with Crippen molar-refractivity contribution in [2.24, 2.45) is 5.73 Å². The lowest BCUT2D eigenvalue weighted by Gasteiger charge is -2.28. The largest absolute Gasteiger partial charge is 0.382 e. The number of hydrogen-bond acceptors (Lipinski definition) is 2. The number of anilines is 1. The molecule has 88 valence electrons. The van der Waals surface area contributed by atoms with Crippen LogP contribution in [0.5, 0.6) is 0 Å². The molecule has 3 N–H and O–H groups in total. The van der Waals surface area contributed by atoms with Crippen LogP contribution in [0.4, 0.5) is 5.69 Å². The van der Waals surface area contributed by atoms with Crippen LogP contribution >= 0.6 is 15.9 Å². The van der Waals surface area contributed by atoms with Crippen LogP contribution in [-0.4, -0.2) is 12.1 Å². The van der Waals surface area contributed by atoms with Crippen LogP contribution in [0.2, 0.25) is 0 Å². The Bertz CT molecular complexity index is 365. The first kappa shape index (κ1) is 11.9. The molecule has 0 amide bonds. The summed E-state index contributed by atoms with van der Waals surface area (Å²) in [5, 5.41) is 3.61. The van der Waals surface area contributed by atoms with Gasteiger partial charge in [0.2, 0.25) is 0 Å². The van der Waals surface area contributed by atoms with Gasteiger partial charge in [-0.05, 0) is 56.4 Å². The van der Waals surface area contributed by atoms with Gasteiger partial charge in [-0.3, -0.25) is 0 Å². The van der Waals surface area contributed by atoms with Crippen molar-refractivity contribution in [1.82, 2.24) is 0 Å². The van der Waals surface area contributed by atoms with E-state index in [-0.39, 0.29) is 0 Å². The van der Waals surface area contributed by atoms with E-state index in [2.05, 4.69) is 46.4 Å². The minimum Gasteiger partial charge on any atom is -0.382 e. The standard InChI is InChI=1S/C13H19BrN2/c1-9-7-10(14)5-6-13(9)16-12-4-2-3-11(15)8-12/h5-7,11-12,16H,2-4,8,15H2,1H3. The first-order chi connectivity index (χ1) is 7.65. The van der Waals surface area contributed by atoms with Crippen LogP contribution in [0.25, 0.3) is 0 Å². The first-order valence-electron chi connectivity index (χ1n) is 5.93. The summed E-state index contributed by atoms with van der Waals surface area (Å²) in [6.07, 6.45) is 4.75. The number of nitrogens with one attached hydrogen (secondary N) is 1. The fourth-order valence-electron chi connectivity index (χ4n) is 2.37. The molecule has 2 rings (SSSR count). The molecule has 16 heavy (non-hydrogen) atoms. The molecule has 0 bridgehead atoms. The molecule has 0 heterocycles. The number of rotatable bonds is 2. The quantitative estimate of drug-likeness (QED) is 0.872. The average Bonchev–Trinajstić information content (AvgIpc) is 2.22. The predicted octanol–water partition coefficient (Wildman–Crippen LogP) is 3.44. The highest BCUT2D eigenvalue weighted by Gasteiger charge is 2.19. The van der Waals surface area contributed by atoms with Gasteiger partial charge >= 0.3 is 0 Å². The van der Waals surface area contributed by atoms with Crippen molar-refractivity contribution in [2.45, 2.75) is 44.7 Å². The maximum atomic E-state index is 5.99. The summed E-state index contributed by atoms with van der Waals surface area (Å²) in [6, 6.07) is 7.29. The third-order valence-electron chi connectivity index (χ3n) is 3.26. The predicted molar refractivity (Wildman–Crippen MR) is 72.7 cm³/mol. The topological polar surface area (TPSA) is 38.0 Å². The van der Waals surface area contributed by atoms with E-state index >= 15 is 0 Å². The Labute approximate surface area is 106 Å². The average molecular weight is 283 g/mol. The van der Waals surface area contributed by atoms with Crippen LogP contribution < -0.4 is 11.1 Å². The van der Waals surface area contributed by atoms with E-state index in [1.165, 1.54) is 30.5 Å². The van der Waals surface area contributed by atoms with Gasteiger partial charge in [0.1, 0.15) is 0 Å². The number of aryl methyl sites for hydroxylation is 1. The van der Waals surface area contributed by atoms with E-state index < -0.39 is 0 Å². The normalized spacial score (nSPS) is 25.4. The summed E-state index contributed by atoms with van der Waals surface area (Å²) >= 11 is 3.48. The number of benzene rings is 1. The molecule has 0 aliphatic heterocycles. The third kappa shape index (κ3) is 2.98. The Balaban J connectivity index is 2.02. The van der Waals surface area contributed by atoms with Gasteiger partial charge in [0, 0.05) is 22.2 Å². The van der Waals surface area contributed by atoms with E-state index in [0.29, 0.717) is 12.1 Å². The molecular formula is C13H19BrN2. The monoisotopic (exact) mass is 282 g/mol. The van der Waals surface area contributed by atoms with Gasteiger partial charge in [0.25, 0.3) is 0 Å². The SMILES string of the molecule is Cc1cc(Br)ccc1NC1CCCC(N)C1. The molecule has 0 spiro atoms. The van der Waals surface area contributed by atoms with Crippen molar-refractivity contribution >= 4 is 21.6 Å². The van der Waals surface area contributed by atoms with Crippen molar-refractivity contribution < 1.29 is 0 Å². The molecule has 1 aromatic rings. The zero-order chi connectivity index (χ0) is 11.5. The second kappa shape index (κ2) is 5.19. The van der Waals surface area contributed by atoms with E-state index in [4.69, 9.17) is 5.73 Å². The van der Waals surface area contributed by atoms with Gasteiger partial charge in [0.05, 0.1) is 0 Å². The summed E-state index contributed by atoms with van der Waals surface area (Å²) in [5.41, 5.74) is 8.52. The van der Waals surface area contributed by atoms with E-state index in [1.54, 1.807) is 0 Å². The van der Waals surface area contributed by atoms with Crippen LogP contribution in [-0.2, 0) is 0 Å². The smallest absolute Gasteiger partial charge is 0.0372 e. The molecule has 2 atom stereocenters. The highest BCUT2D eigenvalue weighted by Crippen LogP contribution is 2.25. The maximum Gasteiger partial charge on any atom is 0.0372 e. The summed E-state index contributed by atoms with van der Waals surface area (Å²) in [6.45, 7) is 2.13. The van der Waals surface area contributed by atoms with Gasteiger partial charge in [-0.1, -0.05) is 15.9 Å². The lowest BCUT2D eigenvalue weighted by atomic mass is 9.91. The second-order valence-corrected chi connectivity index (χ2v) is 5.64. The number of hydrogen-bond donors (Lipinski definition) is 2. The van der Waals surface area contributed by atoms with Gasteiger partial charge in [0.15, 0.2) is 0 Å². The van der Waals surface area contributed by atoms with Crippen molar-refractivity contribution in [2.75, 3.05) is 5.32 Å². The van der Waals surface area contributed by atoms with Gasteiger partial charge < -0.3 is 11.1 Å². The lowest BCUT2D eigenvalue weighted by Crippen LogP contribution is -2.35. The molecule has 1 fully saturated rings. The van der Waals surface area contributed by atoms with Crippen LogP contribution in [0.15, 0.2) is 22.7 Å². The Morgan fingerprint density at radius 2 is 2.19 bits per heavy atom. The van der Waals surface area contributed by atoms with Crippen LogP contribution in [0.1, 0.15) is 31.2 Å². The van der Waals surface area contributed by atoms with Gasteiger partial charge in [-0.15, -0.1) is 0 Å². The van der Waals surface area contributed by atoms with E-state index in [1.807, 2.05) is 0 Å². The maximum absolute atomic E-state index is 5.99. The minimum atomic E-state index is 0.377. The van der Waals surface area contributed by atoms with Crippen molar-refractivity contribution in [3.8, 4) is 0 Å². The van der Waals surface area contributed by atoms with Crippen molar-refractivity contribution in [3.63, 3.8) is 0 Å². The molecule has 1 saturated carbocycles. The van der Waals surface area contributed by atoms with Crippen molar-refractivity contribution in [3.05, 3.63) is 28.2 Å². The zero-order valence-corrected chi connectivity index (χ0v) is 11.3. The molecule has 2 nitrogen and oxygen atoms in total. The second-order valence-electron chi connectivity index (χ2n) is 4.73. The molecule has 2 unspecified atom stereocenters. The van der Waals surface area contributed by atoms with Gasteiger partial charge in [-0.2, -0.15) is 0 Å². The fourth-order valence-corrected chi connectivity index (χ4v) is 2.84. The number of halogens is 1. The Morgan fingerprint density at radius 3 is 2.88 bits per heavy atom. The van der Waals surface area contributed by atoms with E-state index in [9.17, 15) is 0 Å². The molecular weight excluding hydrogens is 264 g/mol. The highest BCUT2D eigenvalue weighted by atomic mass is 79.9. The lowest BCUT2D eigenvalue weighted by molar-refractivity contribution is 0.409. The fraction of sp³-hybridized carbons (Fsp3) is 0.538. The molecule has 0 aromatic heterocycles. The molecule has 1 aliphatic carbocycles. The van der Waals surface area contributed by atoms with Gasteiger partial charge in [-0.25, -0.2) is 0 Å². The number of nitrogens with two attached hydrogens (primary N) is 1. The Hall–Kier alpha value is -0.540. The first-order valence-corrected chi connectivity index (χ1v) is 6.73. The molecule has 0 saturated heterocycles. The minimum absolute atomic E-state index is 0.377. The van der Waals surface area contributed by atoms with E-state index in [0.717, 1.165) is 10.9 Å². The van der Waals surface area contributed by atoms with Crippen LogP contribution in [0.3, 0.4) is 0 Å². The molecule has 1 aromatic carbocycles. The van der Waals surface area contributed by atoms with Crippen molar-refractivity contribution in [1.29, 1.82) is 0 Å². The molecule has 3 heteroatoms. The molecule has 0 radical (unpaired) electrons. The highest BCUT2D eigenvalue weighted by molar-refractivity contribution is 9.10. The summed E-state index contributed by atoms with van der Waals surface area (Å²) < 4.78 is 1.14. The third-order valence-corrected chi connectivity index (χ3v) is 3.76. The Morgan fingerprint density at radius 1 is 1.38 bits per heavy atom. The van der Waals surface area contributed by atoms with Crippen LogP contribution in [0, 0.1) is 6.92 Å². The summed E-state index contributed by atoms with van der Waals surface area (Å²) in [4.78, 5) is 0. The summed E-state index contributed by atoms with van der Waals surface area (Å²) in [5.74, 6) is 0. The summed E-state index contributed by atoms with van der Waals surface area (Å²) in [7, 11) is 0.